The fourth-order valence-electron chi connectivity index (χ4n) is 6.09. The van der Waals surface area contributed by atoms with Crippen molar-refractivity contribution in [1.29, 1.82) is 0 Å². The first-order valence-corrected chi connectivity index (χ1v) is 14.4. The van der Waals surface area contributed by atoms with Crippen LogP contribution in [0.3, 0.4) is 0 Å². The molecule has 0 radical (unpaired) electrons. The van der Waals surface area contributed by atoms with Crippen LogP contribution < -0.4 is 10.2 Å². The molecule has 3 amide bonds. The van der Waals surface area contributed by atoms with Crippen LogP contribution in [-0.2, 0) is 16.1 Å². The fraction of sp³-hybridized carbons (Fsp3) is 0.424. The molecule has 1 aliphatic heterocycles. The Kier molecular flexibility index (Phi) is 8.30. The van der Waals surface area contributed by atoms with E-state index in [9.17, 15) is 14.4 Å². The molecule has 1 atom stereocenters. The lowest BCUT2D eigenvalue weighted by Gasteiger charge is -2.33. The molecule has 39 heavy (non-hydrogen) atoms. The molecule has 1 aliphatic carbocycles. The molecule has 1 heterocycles. The molecule has 5 rings (SSSR count). The third-order valence-corrected chi connectivity index (χ3v) is 8.23. The van der Waals surface area contributed by atoms with Gasteiger partial charge < -0.3 is 15.1 Å². The Morgan fingerprint density at radius 1 is 1.00 bits per heavy atom. The first kappa shape index (κ1) is 26.9. The minimum atomic E-state index is -0.521. The zero-order chi connectivity index (χ0) is 27.4. The van der Waals surface area contributed by atoms with Gasteiger partial charge in [0, 0.05) is 36.5 Å². The van der Waals surface area contributed by atoms with Crippen molar-refractivity contribution in [3.8, 4) is 0 Å². The SMILES string of the molecule is CC[C@H](C(=O)NC1CCCCC1)N(Cc1ccc(C)cc1)C(=O)CCCN1C(=O)c2cccc3cccc1c23. The minimum Gasteiger partial charge on any atom is -0.352 e. The van der Waals surface area contributed by atoms with Gasteiger partial charge in [0.1, 0.15) is 6.04 Å². The number of hydrogen-bond donors (Lipinski definition) is 1. The van der Waals surface area contributed by atoms with Crippen molar-refractivity contribution in [2.45, 2.75) is 83.8 Å². The van der Waals surface area contributed by atoms with Gasteiger partial charge in [0.05, 0.1) is 5.69 Å². The quantitative estimate of drug-likeness (QED) is 0.345. The molecule has 0 bridgehead atoms. The lowest BCUT2D eigenvalue weighted by Crippen LogP contribution is -2.51. The van der Waals surface area contributed by atoms with Crippen molar-refractivity contribution in [1.82, 2.24) is 10.2 Å². The molecule has 6 nitrogen and oxygen atoms in total. The molecule has 0 unspecified atom stereocenters. The van der Waals surface area contributed by atoms with Crippen LogP contribution >= 0.6 is 0 Å². The summed E-state index contributed by atoms with van der Waals surface area (Å²) < 4.78 is 0. The molecule has 1 N–H and O–H groups in total. The third-order valence-electron chi connectivity index (χ3n) is 8.23. The summed E-state index contributed by atoms with van der Waals surface area (Å²) in [6, 6.07) is 19.6. The Bertz CT molecular complexity index is 1340. The van der Waals surface area contributed by atoms with Gasteiger partial charge in [-0.25, -0.2) is 0 Å². The number of carbonyl (C=O) groups excluding carboxylic acids is 3. The first-order chi connectivity index (χ1) is 19.0. The van der Waals surface area contributed by atoms with Crippen LogP contribution in [0.25, 0.3) is 10.8 Å². The molecule has 2 aliphatic rings. The molecule has 6 heteroatoms. The molecule has 1 fully saturated rings. The number of anilines is 1. The van der Waals surface area contributed by atoms with E-state index < -0.39 is 6.04 Å². The van der Waals surface area contributed by atoms with Crippen LogP contribution in [0, 0.1) is 6.92 Å². The Hall–Kier alpha value is -3.67. The van der Waals surface area contributed by atoms with Crippen molar-refractivity contribution in [2.24, 2.45) is 0 Å². The van der Waals surface area contributed by atoms with E-state index in [1.165, 1.54) is 6.42 Å². The van der Waals surface area contributed by atoms with Gasteiger partial charge in [-0.3, -0.25) is 14.4 Å². The Morgan fingerprint density at radius 3 is 2.44 bits per heavy atom. The normalized spacial score (nSPS) is 15.9. The zero-order valence-corrected chi connectivity index (χ0v) is 23.1. The molecule has 1 saturated carbocycles. The highest BCUT2D eigenvalue weighted by Gasteiger charge is 2.32. The Balaban J connectivity index is 1.29. The second-order valence-electron chi connectivity index (χ2n) is 11.0. The van der Waals surface area contributed by atoms with E-state index in [4.69, 9.17) is 0 Å². The molecule has 0 aromatic heterocycles. The maximum atomic E-state index is 13.7. The highest BCUT2D eigenvalue weighted by molar-refractivity contribution is 6.25. The lowest BCUT2D eigenvalue weighted by atomic mass is 9.95. The number of rotatable bonds is 10. The summed E-state index contributed by atoms with van der Waals surface area (Å²) >= 11 is 0. The van der Waals surface area contributed by atoms with Crippen LogP contribution in [0.5, 0.6) is 0 Å². The van der Waals surface area contributed by atoms with Crippen molar-refractivity contribution in [2.75, 3.05) is 11.4 Å². The first-order valence-electron chi connectivity index (χ1n) is 14.4. The number of benzene rings is 3. The largest absolute Gasteiger partial charge is 0.352 e. The van der Waals surface area contributed by atoms with E-state index in [0.29, 0.717) is 25.9 Å². The maximum absolute atomic E-state index is 13.7. The average molecular weight is 526 g/mol. The van der Waals surface area contributed by atoms with Crippen molar-refractivity contribution in [3.63, 3.8) is 0 Å². The molecule has 0 saturated heterocycles. The van der Waals surface area contributed by atoms with Crippen LogP contribution in [0.2, 0.25) is 0 Å². The smallest absolute Gasteiger partial charge is 0.258 e. The van der Waals surface area contributed by atoms with Crippen LogP contribution in [0.15, 0.2) is 60.7 Å². The van der Waals surface area contributed by atoms with Gasteiger partial charge in [0.15, 0.2) is 0 Å². The monoisotopic (exact) mass is 525 g/mol. The number of amides is 3. The number of nitrogens with one attached hydrogen (secondary N) is 1. The van der Waals surface area contributed by atoms with E-state index in [0.717, 1.165) is 58.8 Å². The van der Waals surface area contributed by atoms with Crippen molar-refractivity contribution >= 4 is 34.2 Å². The minimum absolute atomic E-state index is 0.0101. The summed E-state index contributed by atoms with van der Waals surface area (Å²) in [5, 5.41) is 5.28. The summed E-state index contributed by atoms with van der Waals surface area (Å²) in [7, 11) is 0. The van der Waals surface area contributed by atoms with Gasteiger partial charge in [-0.15, -0.1) is 0 Å². The molecule has 204 valence electrons. The summed E-state index contributed by atoms with van der Waals surface area (Å²) in [5.41, 5.74) is 3.80. The average Bonchev–Trinajstić information content (AvgIpc) is 3.22. The Morgan fingerprint density at radius 2 is 1.72 bits per heavy atom. The van der Waals surface area contributed by atoms with E-state index in [2.05, 4.69) is 5.32 Å². The fourth-order valence-corrected chi connectivity index (χ4v) is 6.09. The van der Waals surface area contributed by atoms with Crippen LogP contribution in [-0.4, -0.2) is 41.2 Å². The van der Waals surface area contributed by atoms with Crippen LogP contribution in [0.4, 0.5) is 5.69 Å². The topological polar surface area (TPSA) is 69.7 Å². The van der Waals surface area contributed by atoms with E-state index >= 15 is 0 Å². The summed E-state index contributed by atoms with van der Waals surface area (Å²) in [4.78, 5) is 43.9. The standard InChI is InChI=1S/C33H39N3O3/c1-3-28(32(38)34-26-12-5-4-6-13-26)36(22-24-19-17-23(2)18-20-24)30(37)16-9-21-35-29-15-8-11-25-10-7-14-27(31(25)29)33(35)39/h7-8,10-11,14-15,17-20,26,28H,3-6,9,12-13,16,21-22H2,1-2H3,(H,34,38)/t28-/m1/s1. The second kappa shape index (κ2) is 12.0. The molecular weight excluding hydrogens is 486 g/mol. The van der Waals surface area contributed by atoms with Crippen molar-refractivity contribution in [3.05, 3.63) is 77.4 Å². The number of nitrogens with zero attached hydrogens (tertiary/aromatic N) is 2. The predicted octanol–water partition coefficient (Wildman–Crippen LogP) is 6.14. The van der Waals surface area contributed by atoms with Gasteiger partial charge in [0.2, 0.25) is 11.8 Å². The summed E-state index contributed by atoms with van der Waals surface area (Å²) in [6.07, 6.45) is 6.87. The van der Waals surface area contributed by atoms with E-state index in [-0.39, 0.29) is 30.2 Å². The van der Waals surface area contributed by atoms with Crippen molar-refractivity contribution < 1.29 is 14.4 Å². The van der Waals surface area contributed by atoms with Crippen LogP contribution in [0.1, 0.15) is 79.8 Å². The predicted molar refractivity (Wildman–Crippen MR) is 156 cm³/mol. The van der Waals surface area contributed by atoms with Gasteiger partial charge in [0.25, 0.3) is 5.91 Å². The summed E-state index contributed by atoms with van der Waals surface area (Å²) in [5.74, 6) is -0.116. The molecule has 3 aromatic rings. The van der Waals surface area contributed by atoms with Gasteiger partial charge in [-0.05, 0) is 55.7 Å². The highest BCUT2D eigenvalue weighted by atomic mass is 16.2. The number of aryl methyl sites for hydroxylation is 1. The second-order valence-corrected chi connectivity index (χ2v) is 11.0. The molecule has 3 aromatic carbocycles. The lowest BCUT2D eigenvalue weighted by molar-refractivity contribution is -0.141. The summed E-state index contributed by atoms with van der Waals surface area (Å²) in [6.45, 7) is 4.86. The van der Waals surface area contributed by atoms with E-state index in [1.54, 1.807) is 9.80 Å². The van der Waals surface area contributed by atoms with Gasteiger partial charge >= 0.3 is 0 Å². The molecule has 0 spiro atoms. The maximum Gasteiger partial charge on any atom is 0.258 e. The number of hydrogen-bond acceptors (Lipinski definition) is 3. The number of carbonyl (C=O) groups is 3. The Labute approximate surface area is 231 Å². The zero-order valence-electron chi connectivity index (χ0n) is 23.1. The van der Waals surface area contributed by atoms with Gasteiger partial charge in [-0.1, -0.05) is 80.3 Å². The van der Waals surface area contributed by atoms with Gasteiger partial charge in [-0.2, -0.15) is 0 Å². The molecular formula is C33H39N3O3. The highest BCUT2D eigenvalue weighted by Crippen LogP contribution is 2.37. The third kappa shape index (κ3) is 5.85. The van der Waals surface area contributed by atoms with E-state index in [1.807, 2.05) is 74.5 Å².